The van der Waals surface area contributed by atoms with Gasteiger partial charge in [-0.1, -0.05) is 18.2 Å². The molecular weight excluding hydrogens is 362 g/mol. The molecule has 27 heavy (non-hydrogen) atoms. The minimum absolute atomic E-state index is 0.138. The summed E-state index contributed by atoms with van der Waals surface area (Å²) in [7, 11) is 0.191. The van der Waals surface area contributed by atoms with E-state index in [0.717, 1.165) is 17.8 Å². The van der Waals surface area contributed by atoms with E-state index in [1.54, 1.807) is 12.1 Å². The Morgan fingerprint density at radius 3 is 2.48 bits per heavy atom. The van der Waals surface area contributed by atoms with E-state index in [2.05, 4.69) is 5.32 Å². The standard InChI is InChI=1S/C20H25N3O3S/c1-15-14-17-6-4-5-7-19(17)23(15)27(25,26)18-10-8-16(9-11-18)20(24)21-12-13-22(2)3/h4-11,15H,12-14H2,1-3H3,(H,21,24). The maximum Gasteiger partial charge on any atom is 0.264 e. The van der Waals surface area contributed by atoms with E-state index >= 15 is 0 Å². The Kier molecular flexibility index (Phi) is 5.53. The van der Waals surface area contributed by atoms with Crippen molar-refractivity contribution < 1.29 is 13.2 Å². The second kappa shape index (κ2) is 7.70. The molecule has 0 saturated heterocycles. The Morgan fingerprint density at radius 1 is 1.15 bits per heavy atom. The number of benzene rings is 2. The number of hydrogen-bond donors (Lipinski definition) is 1. The summed E-state index contributed by atoms with van der Waals surface area (Å²) < 4.78 is 27.8. The molecule has 7 heteroatoms. The lowest BCUT2D eigenvalue weighted by atomic mass is 10.1. The third-order valence-electron chi connectivity index (χ3n) is 4.66. The highest BCUT2D eigenvalue weighted by molar-refractivity contribution is 7.92. The predicted octanol–water partition coefficient (Wildman–Crippen LogP) is 2.12. The van der Waals surface area contributed by atoms with Gasteiger partial charge in [0.25, 0.3) is 15.9 Å². The number of nitrogens with one attached hydrogen (secondary N) is 1. The molecular formula is C20H25N3O3S. The Bertz CT molecular complexity index is 924. The highest BCUT2D eigenvalue weighted by Gasteiger charge is 2.35. The van der Waals surface area contributed by atoms with E-state index in [4.69, 9.17) is 0 Å². The van der Waals surface area contributed by atoms with Gasteiger partial charge in [-0.2, -0.15) is 0 Å². The first-order valence-electron chi connectivity index (χ1n) is 8.96. The molecule has 0 aliphatic carbocycles. The number of rotatable bonds is 6. The van der Waals surface area contributed by atoms with E-state index in [-0.39, 0.29) is 16.8 Å². The van der Waals surface area contributed by atoms with Crippen LogP contribution in [0.15, 0.2) is 53.4 Å². The molecule has 2 aromatic carbocycles. The van der Waals surface area contributed by atoms with Crippen molar-refractivity contribution in [3.05, 3.63) is 59.7 Å². The van der Waals surface area contributed by atoms with E-state index in [0.29, 0.717) is 18.5 Å². The first-order chi connectivity index (χ1) is 12.8. The molecule has 144 valence electrons. The lowest BCUT2D eigenvalue weighted by Crippen LogP contribution is -2.35. The van der Waals surface area contributed by atoms with Gasteiger partial charge in [-0.25, -0.2) is 8.42 Å². The SMILES string of the molecule is CC1Cc2ccccc2N1S(=O)(=O)c1ccc(C(=O)NCCN(C)C)cc1. The van der Waals surface area contributed by atoms with Crippen LogP contribution in [0.4, 0.5) is 5.69 Å². The predicted molar refractivity (Wildman–Crippen MR) is 107 cm³/mol. The smallest absolute Gasteiger partial charge is 0.264 e. The summed E-state index contributed by atoms with van der Waals surface area (Å²) in [4.78, 5) is 14.3. The minimum atomic E-state index is -3.68. The van der Waals surface area contributed by atoms with Crippen LogP contribution in [0.5, 0.6) is 0 Å². The molecule has 1 N–H and O–H groups in total. The van der Waals surface area contributed by atoms with Crippen molar-refractivity contribution in [2.24, 2.45) is 0 Å². The third-order valence-corrected chi connectivity index (χ3v) is 6.60. The molecule has 0 spiro atoms. The molecule has 1 heterocycles. The van der Waals surface area contributed by atoms with Crippen LogP contribution in [0.25, 0.3) is 0 Å². The molecule has 3 rings (SSSR count). The van der Waals surface area contributed by atoms with Gasteiger partial charge in [0.15, 0.2) is 0 Å². The third kappa shape index (κ3) is 3.99. The number of hydrogen-bond acceptors (Lipinski definition) is 4. The van der Waals surface area contributed by atoms with Crippen molar-refractivity contribution >= 4 is 21.6 Å². The number of carbonyl (C=O) groups is 1. The Balaban J connectivity index is 1.79. The van der Waals surface area contributed by atoms with Gasteiger partial charge in [0.2, 0.25) is 0 Å². The molecule has 1 unspecified atom stereocenters. The van der Waals surface area contributed by atoms with Crippen LogP contribution >= 0.6 is 0 Å². The lowest BCUT2D eigenvalue weighted by molar-refractivity contribution is 0.0951. The Morgan fingerprint density at radius 2 is 1.81 bits per heavy atom. The molecule has 2 aromatic rings. The fourth-order valence-corrected chi connectivity index (χ4v) is 4.98. The molecule has 1 aliphatic rings. The normalized spacial score (nSPS) is 16.4. The van der Waals surface area contributed by atoms with Crippen LogP contribution in [0.1, 0.15) is 22.8 Å². The lowest BCUT2D eigenvalue weighted by Gasteiger charge is -2.24. The zero-order valence-corrected chi connectivity index (χ0v) is 16.7. The van der Waals surface area contributed by atoms with Gasteiger partial charge in [0.05, 0.1) is 10.6 Å². The number of sulfonamides is 1. The summed E-state index contributed by atoms with van der Waals surface area (Å²) in [6.45, 7) is 3.18. The number of para-hydroxylation sites is 1. The zero-order chi connectivity index (χ0) is 19.6. The number of nitrogens with zero attached hydrogens (tertiary/aromatic N) is 2. The average Bonchev–Trinajstić information content (AvgIpc) is 2.97. The van der Waals surface area contributed by atoms with Crippen LogP contribution in [-0.4, -0.2) is 52.5 Å². The first kappa shape index (κ1) is 19.4. The maximum atomic E-state index is 13.2. The summed E-state index contributed by atoms with van der Waals surface area (Å²) in [5, 5.41) is 2.82. The second-order valence-corrected chi connectivity index (χ2v) is 8.88. The number of carbonyl (C=O) groups excluding carboxylic acids is 1. The zero-order valence-electron chi connectivity index (χ0n) is 15.8. The molecule has 1 amide bonds. The highest BCUT2D eigenvalue weighted by atomic mass is 32.2. The van der Waals surface area contributed by atoms with Gasteiger partial charge < -0.3 is 10.2 Å². The second-order valence-electron chi connectivity index (χ2n) is 7.07. The Labute approximate surface area is 160 Å². The van der Waals surface area contributed by atoms with Gasteiger partial charge in [-0.3, -0.25) is 9.10 Å². The van der Waals surface area contributed by atoms with Gasteiger partial charge in [-0.15, -0.1) is 0 Å². The fourth-order valence-electron chi connectivity index (χ4n) is 3.29. The summed E-state index contributed by atoms with van der Waals surface area (Å²) in [5.74, 6) is -0.208. The molecule has 0 aromatic heterocycles. The highest BCUT2D eigenvalue weighted by Crippen LogP contribution is 2.36. The van der Waals surface area contributed by atoms with Crippen LogP contribution in [0.2, 0.25) is 0 Å². The van der Waals surface area contributed by atoms with Crippen molar-refractivity contribution in [2.45, 2.75) is 24.3 Å². The molecule has 1 atom stereocenters. The summed E-state index contributed by atoms with van der Waals surface area (Å²) in [5.41, 5.74) is 2.21. The van der Waals surface area contributed by atoms with E-state index in [9.17, 15) is 13.2 Å². The van der Waals surface area contributed by atoms with Crippen molar-refractivity contribution in [3.8, 4) is 0 Å². The Hall–Kier alpha value is -2.38. The molecule has 1 aliphatic heterocycles. The fraction of sp³-hybridized carbons (Fsp3) is 0.350. The number of amides is 1. The van der Waals surface area contributed by atoms with Crippen LogP contribution in [0, 0.1) is 0 Å². The topological polar surface area (TPSA) is 69.7 Å². The van der Waals surface area contributed by atoms with Crippen LogP contribution in [-0.2, 0) is 16.4 Å². The molecule has 6 nitrogen and oxygen atoms in total. The van der Waals surface area contributed by atoms with Crippen LogP contribution < -0.4 is 9.62 Å². The summed E-state index contributed by atoms with van der Waals surface area (Å²) in [6, 6.07) is 13.6. The van der Waals surface area contributed by atoms with Crippen molar-refractivity contribution in [3.63, 3.8) is 0 Å². The van der Waals surface area contributed by atoms with Gasteiger partial charge in [-0.05, 0) is 63.3 Å². The van der Waals surface area contributed by atoms with Gasteiger partial charge >= 0.3 is 0 Å². The molecule has 0 bridgehead atoms. The molecule has 0 radical (unpaired) electrons. The van der Waals surface area contributed by atoms with Crippen molar-refractivity contribution in [1.82, 2.24) is 10.2 Å². The average molecular weight is 388 g/mol. The van der Waals surface area contributed by atoms with E-state index < -0.39 is 10.0 Å². The summed E-state index contributed by atoms with van der Waals surface area (Å²) in [6.07, 6.45) is 0.696. The largest absolute Gasteiger partial charge is 0.351 e. The van der Waals surface area contributed by atoms with Gasteiger partial charge in [0, 0.05) is 24.7 Å². The maximum absolute atomic E-state index is 13.2. The number of anilines is 1. The minimum Gasteiger partial charge on any atom is -0.351 e. The number of fused-ring (bicyclic) bond motifs is 1. The van der Waals surface area contributed by atoms with Gasteiger partial charge in [0.1, 0.15) is 0 Å². The summed E-state index contributed by atoms with van der Waals surface area (Å²) >= 11 is 0. The van der Waals surface area contributed by atoms with Crippen molar-refractivity contribution in [2.75, 3.05) is 31.5 Å². The number of likely N-dealkylation sites (N-methyl/N-ethyl adjacent to an activating group) is 1. The molecule has 0 fully saturated rings. The van der Waals surface area contributed by atoms with E-state index in [1.807, 2.05) is 50.2 Å². The van der Waals surface area contributed by atoms with Crippen LogP contribution in [0.3, 0.4) is 0 Å². The molecule has 0 saturated carbocycles. The van der Waals surface area contributed by atoms with Crippen molar-refractivity contribution in [1.29, 1.82) is 0 Å². The quantitative estimate of drug-likeness (QED) is 0.824. The van der Waals surface area contributed by atoms with E-state index in [1.165, 1.54) is 16.4 Å². The first-order valence-corrected chi connectivity index (χ1v) is 10.4. The monoisotopic (exact) mass is 387 g/mol.